The van der Waals surface area contributed by atoms with Crippen LogP contribution >= 0.6 is 0 Å². The number of aryl methyl sites for hydroxylation is 1. The van der Waals surface area contributed by atoms with E-state index in [1.165, 1.54) is 19.2 Å². The van der Waals surface area contributed by atoms with Crippen LogP contribution in [0.5, 0.6) is 5.75 Å². The van der Waals surface area contributed by atoms with Crippen molar-refractivity contribution in [3.63, 3.8) is 0 Å². The second-order valence-corrected chi connectivity index (χ2v) is 4.46. The van der Waals surface area contributed by atoms with Gasteiger partial charge in [0.25, 0.3) is 5.91 Å². The van der Waals surface area contributed by atoms with Crippen LogP contribution in [0.1, 0.15) is 26.3 Å². The molecule has 5 nitrogen and oxygen atoms in total. The second-order valence-electron chi connectivity index (χ2n) is 4.46. The number of amides is 1. The SMILES string of the molecule is COC(=O)c1cccc(NC(=O)c2ccccc2C)c1O. The van der Waals surface area contributed by atoms with E-state index in [9.17, 15) is 14.7 Å². The number of carbonyl (C=O) groups excluding carboxylic acids is 2. The van der Waals surface area contributed by atoms with E-state index < -0.39 is 5.97 Å². The van der Waals surface area contributed by atoms with Gasteiger partial charge in [0.05, 0.1) is 12.8 Å². The third-order valence-corrected chi connectivity index (χ3v) is 3.08. The molecule has 2 N–H and O–H groups in total. The number of hydrogen-bond donors (Lipinski definition) is 2. The molecule has 0 aliphatic carbocycles. The highest BCUT2D eigenvalue weighted by Crippen LogP contribution is 2.28. The van der Waals surface area contributed by atoms with Crippen molar-refractivity contribution in [3.05, 3.63) is 59.2 Å². The molecule has 108 valence electrons. The monoisotopic (exact) mass is 285 g/mol. The molecule has 0 aromatic heterocycles. The lowest BCUT2D eigenvalue weighted by atomic mass is 10.1. The number of esters is 1. The van der Waals surface area contributed by atoms with Gasteiger partial charge in [-0.05, 0) is 30.7 Å². The average Bonchev–Trinajstić information content (AvgIpc) is 2.49. The van der Waals surface area contributed by atoms with Crippen LogP contribution in [0, 0.1) is 6.92 Å². The van der Waals surface area contributed by atoms with Crippen LogP contribution in [-0.2, 0) is 4.74 Å². The summed E-state index contributed by atoms with van der Waals surface area (Å²) in [6.07, 6.45) is 0. The first kappa shape index (κ1) is 14.6. The third kappa shape index (κ3) is 3.02. The van der Waals surface area contributed by atoms with Crippen molar-refractivity contribution in [2.75, 3.05) is 12.4 Å². The first-order valence-electron chi connectivity index (χ1n) is 6.32. The molecule has 5 heteroatoms. The summed E-state index contributed by atoms with van der Waals surface area (Å²) in [5.74, 6) is -1.34. The number of ether oxygens (including phenoxy) is 1. The quantitative estimate of drug-likeness (QED) is 0.671. The van der Waals surface area contributed by atoms with E-state index in [1.807, 2.05) is 19.1 Å². The number of hydrogen-bond acceptors (Lipinski definition) is 4. The van der Waals surface area contributed by atoms with Crippen molar-refractivity contribution in [3.8, 4) is 5.75 Å². The van der Waals surface area contributed by atoms with Gasteiger partial charge in [0.1, 0.15) is 5.56 Å². The van der Waals surface area contributed by atoms with Gasteiger partial charge in [-0.1, -0.05) is 24.3 Å². The molecule has 0 heterocycles. The van der Waals surface area contributed by atoms with Gasteiger partial charge in [0.15, 0.2) is 5.75 Å². The van der Waals surface area contributed by atoms with E-state index >= 15 is 0 Å². The normalized spacial score (nSPS) is 10.0. The van der Waals surface area contributed by atoms with Gasteiger partial charge in [-0.3, -0.25) is 4.79 Å². The van der Waals surface area contributed by atoms with Crippen molar-refractivity contribution in [2.24, 2.45) is 0 Å². The number of aromatic hydroxyl groups is 1. The smallest absolute Gasteiger partial charge is 0.341 e. The highest BCUT2D eigenvalue weighted by atomic mass is 16.5. The Kier molecular flexibility index (Phi) is 4.23. The van der Waals surface area contributed by atoms with Crippen LogP contribution in [0.2, 0.25) is 0 Å². The lowest BCUT2D eigenvalue weighted by Gasteiger charge is -2.11. The van der Waals surface area contributed by atoms with Crippen LogP contribution in [-0.4, -0.2) is 24.1 Å². The van der Waals surface area contributed by atoms with Gasteiger partial charge in [-0.15, -0.1) is 0 Å². The van der Waals surface area contributed by atoms with Crippen LogP contribution in [0.3, 0.4) is 0 Å². The Hall–Kier alpha value is -2.82. The second kappa shape index (κ2) is 6.09. The molecule has 2 aromatic carbocycles. The predicted octanol–water partition coefficient (Wildman–Crippen LogP) is 2.74. The number of rotatable bonds is 3. The minimum atomic E-state index is -0.667. The van der Waals surface area contributed by atoms with Crippen molar-refractivity contribution in [2.45, 2.75) is 6.92 Å². The highest BCUT2D eigenvalue weighted by molar-refractivity contribution is 6.07. The van der Waals surface area contributed by atoms with Gasteiger partial charge in [-0.25, -0.2) is 4.79 Å². The molecule has 0 saturated carbocycles. The fourth-order valence-electron chi connectivity index (χ4n) is 1.94. The first-order valence-corrected chi connectivity index (χ1v) is 6.32. The summed E-state index contributed by atoms with van der Waals surface area (Å²) < 4.78 is 4.57. The molecule has 0 radical (unpaired) electrons. The standard InChI is InChI=1S/C16H15NO4/c1-10-6-3-4-7-11(10)15(19)17-13-9-5-8-12(14(13)18)16(20)21-2/h3-9,18H,1-2H3,(H,17,19). The molecule has 0 unspecified atom stereocenters. The predicted molar refractivity (Wildman–Crippen MR) is 78.6 cm³/mol. The molecule has 21 heavy (non-hydrogen) atoms. The Morgan fingerprint density at radius 2 is 1.71 bits per heavy atom. The van der Waals surface area contributed by atoms with E-state index in [0.717, 1.165) is 5.56 Å². The highest BCUT2D eigenvalue weighted by Gasteiger charge is 2.17. The number of methoxy groups -OCH3 is 1. The van der Waals surface area contributed by atoms with Gasteiger partial charge < -0.3 is 15.2 Å². The summed E-state index contributed by atoms with van der Waals surface area (Å²) in [4.78, 5) is 23.7. The summed E-state index contributed by atoms with van der Waals surface area (Å²) in [7, 11) is 1.22. The largest absolute Gasteiger partial charge is 0.505 e. The molecular formula is C16H15NO4. The molecule has 0 saturated heterocycles. The van der Waals surface area contributed by atoms with E-state index in [1.54, 1.807) is 18.2 Å². The van der Waals surface area contributed by atoms with Gasteiger partial charge in [-0.2, -0.15) is 0 Å². The Labute approximate surface area is 122 Å². The maximum Gasteiger partial charge on any atom is 0.341 e. The minimum Gasteiger partial charge on any atom is -0.505 e. The summed E-state index contributed by atoms with van der Waals surface area (Å²) in [5.41, 5.74) is 1.48. The van der Waals surface area contributed by atoms with Gasteiger partial charge in [0.2, 0.25) is 0 Å². The van der Waals surface area contributed by atoms with Gasteiger partial charge >= 0.3 is 5.97 Å². The number of phenolic OH excluding ortho intramolecular Hbond substituents is 1. The van der Waals surface area contributed by atoms with E-state index in [2.05, 4.69) is 10.1 Å². The van der Waals surface area contributed by atoms with Crippen molar-refractivity contribution >= 4 is 17.6 Å². The molecule has 1 amide bonds. The minimum absolute atomic E-state index is 0.0000774. The fraction of sp³-hybridized carbons (Fsp3) is 0.125. The topological polar surface area (TPSA) is 75.6 Å². The van der Waals surface area contributed by atoms with Crippen LogP contribution < -0.4 is 5.32 Å². The lowest BCUT2D eigenvalue weighted by Crippen LogP contribution is -2.14. The maximum atomic E-state index is 12.2. The fourth-order valence-corrected chi connectivity index (χ4v) is 1.94. The van der Waals surface area contributed by atoms with Crippen LogP contribution in [0.4, 0.5) is 5.69 Å². The Morgan fingerprint density at radius 3 is 2.38 bits per heavy atom. The number of benzene rings is 2. The maximum absolute atomic E-state index is 12.2. The van der Waals surface area contributed by atoms with Crippen molar-refractivity contribution in [1.29, 1.82) is 0 Å². The molecule has 2 rings (SSSR count). The molecule has 0 bridgehead atoms. The molecule has 0 fully saturated rings. The van der Waals surface area contributed by atoms with Crippen molar-refractivity contribution in [1.82, 2.24) is 0 Å². The number of anilines is 1. The number of phenols is 1. The Morgan fingerprint density at radius 1 is 1.05 bits per heavy atom. The molecule has 2 aromatic rings. The summed E-state index contributed by atoms with van der Waals surface area (Å²) >= 11 is 0. The Balaban J connectivity index is 2.30. The molecule has 0 spiro atoms. The third-order valence-electron chi connectivity index (χ3n) is 3.08. The first-order chi connectivity index (χ1) is 10.0. The molecule has 0 aliphatic rings. The lowest BCUT2D eigenvalue weighted by molar-refractivity contribution is 0.0597. The van der Waals surface area contributed by atoms with Crippen molar-refractivity contribution < 1.29 is 19.4 Å². The molecular weight excluding hydrogens is 270 g/mol. The van der Waals surface area contributed by atoms with E-state index in [0.29, 0.717) is 5.56 Å². The number of carbonyl (C=O) groups is 2. The summed E-state index contributed by atoms with van der Waals surface area (Å²) in [5, 5.41) is 12.6. The zero-order chi connectivity index (χ0) is 15.4. The Bertz CT molecular complexity index is 694. The van der Waals surface area contributed by atoms with Gasteiger partial charge in [0, 0.05) is 5.56 Å². The van der Waals surface area contributed by atoms with E-state index in [4.69, 9.17) is 0 Å². The zero-order valence-corrected chi connectivity index (χ0v) is 11.7. The summed E-state index contributed by atoms with van der Waals surface area (Å²) in [6.45, 7) is 1.82. The average molecular weight is 285 g/mol. The van der Waals surface area contributed by atoms with Crippen LogP contribution in [0.15, 0.2) is 42.5 Å². The zero-order valence-electron chi connectivity index (χ0n) is 11.7. The van der Waals surface area contributed by atoms with Crippen LogP contribution in [0.25, 0.3) is 0 Å². The summed E-state index contributed by atoms with van der Waals surface area (Å²) in [6, 6.07) is 11.6. The molecule has 0 aliphatic heterocycles. The van der Waals surface area contributed by atoms with E-state index in [-0.39, 0.29) is 22.9 Å². The molecule has 0 atom stereocenters. The number of para-hydroxylation sites is 1. The number of nitrogens with one attached hydrogen (secondary N) is 1.